The van der Waals surface area contributed by atoms with Gasteiger partial charge in [0, 0.05) is 0 Å². The van der Waals surface area contributed by atoms with Crippen molar-refractivity contribution in [3.63, 3.8) is 0 Å². The minimum Gasteiger partial charge on any atom is -0.282 e. The first-order chi connectivity index (χ1) is 6.07. The molecule has 1 aromatic carbocycles. The molecule has 1 aromatic rings. The van der Waals surface area contributed by atoms with Crippen LogP contribution in [0.15, 0.2) is 29.2 Å². The van der Waals surface area contributed by atoms with E-state index >= 15 is 0 Å². The molecule has 0 spiro atoms. The highest BCUT2D eigenvalue weighted by Gasteiger charge is 2.12. The lowest BCUT2D eigenvalue weighted by atomic mass is 10.1. The Kier molecular flexibility index (Phi) is 1.75. The van der Waals surface area contributed by atoms with Crippen LogP contribution in [-0.4, -0.2) is 13.0 Å². The van der Waals surface area contributed by atoms with Crippen LogP contribution >= 0.6 is 0 Å². The van der Waals surface area contributed by atoms with Crippen LogP contribution < -0.4 is 0 Å². The average molecular weight is 196 g/mol. The zero-order chi connectivity index (χ0) is 9.47. The van der Waals surface area contributed by atoms with E-state index in [4.69, 9.17) is 4.55 Å². The molecule has 0 aliphatic heterocycles. The van der Waals surface area contributed by atoms with E-state index in [1.54, 1.807) is 6.07 Å². The summed E-state index contributed by atoms with van der Waals surface area (Å²) in [4.78, 5) is -0.0437. The molecule has 0 aromatic heterocycles. The maximum Gasteiger partial charge on any atom is 0.294 e. The highest BCUT2D eigenvalue weighted by atomic mass is 32.2. The Bertz CT molecular complexity index is 472. The molecule has 4 heteroatoms. The number of allylic oxidation sites excluding steroid dienone is 1. The first-order valence-electron chi connectivity index (χ1n) is 3.84. The third-order valence-corrected chi connectivity index (χ3v) is 2.90. The summed E-state index contributed by atoms with van der Waals surface area (Å²) in [7, 11) is -4.06. The van der Waals surface area contributed by atoms with Crippen molar-refractivity contribution in [2.45, 2.75) is 11.3 Å². The Morgan fingerprint density at radius 2 is 2.08 bits per heavy atom. The lowest BCUT2D eigenvalue weighted by Gasteiger charge is -2.00. The first kappa shape index (κ1) is 8.47. The fourth-order valence-electron chi connectivity index (χ4n) is 1.39. The second-order valence-electron chi connectivity index (χ2n) is 2.94. The van der Waals surface area contributed by atoms with E-state index in [1.807, 2.05) is 12.2 Å². The summed E-state index contributed by atoms with van der Waals surface area (Å²) < 4.78 is 30.3. The molecule has 0 heterocycles. The molecular formula is C9H8O3S. The molecule has 0 amide bonds. The minimum absolute atomic E-state index is 0.0437. The largest absolute Gasteiger partial charge is 0.294 e. The molecule has 0 fully saturated rings. The third-order valence-electron chi connectivity index (χ3n) is 2.05. The number of hydrogen-bond acceptors (Lipinski definition) is 2. The first-order valence-corrected chi connectivity index (χ1v) is 5.28. The van der Waals surface area contributed by atoms with Crippen molar-refractivity contribution < 1.29 is 13.0 Å². The molecule has 2 rings (SSSR count). The minimum atomic E-state index is -4.06. The molecule has 1 aliphatic rings. The molecule has 0 radical (unpaired) electrons. The molecular weight excluding hydrogens is 188 g/mol. The smallest absolute Gasteiger partial charge is 0.282 e. The van der Waals surface area contributed by atoms with Gasteiger partial charge in [0.25, 0.3) is 10.1 Å². The summed E-state index contributed by atoms with van der Waals surface area (Å²) in [6.07, 6.45) is 4.64. The summed E-state index contributed by atoms with van der Waals surface area (Å²) in [5, 5.41) is 0. The maximum atomic E-state index is 10.8. The second kappa shape index (κ2) is 2.68. The van der Waals surface area contributed by atoms with Gasteiger partial charge in [0.15, 0.2) is 0 Å². The Hall–Kier alpha value is -1.13. The predicted molar refractivity (Wildman–Crippen MR) is 49.0 cm³/mol. The van der Waals surface area contributed by atoms with Gasteiger partial charge in [0.1, 0.15) is 0 Å². The summed E-state index contributed by atoms with van der Waals surface area (Å²) in [6, 6.07) is 4.62. The molecule has 0 atom stereocenters. The van der Waals surface area contributed by atoms with E-state index in [2.05, 4.69) is 0 Å². The van der Waals surface area contributed by atoms with Crippen LogP contribution in [0.4, 0.5) is 0 Å². The molecule has 0 saturated heterocycles. The molecule has 0 bridgehead atoms. The third kappa shape index (κ3) is 1.50. The van der Waals surface area contributed by atoms with E-state index in [9.17, 15) is 8.42 Å². The Morgan fingerprint density at radius 1 is 1.31 bits per heavy atom. The number of hydrogen-bond donors (Lipinski definition) is 1. The molecule has 3 nitrogen and oxygen atoms in total. The second-order valence-corrected chi connectivity index (χ2v) is 4.36. The molecule has 0 saturated carbocycles. The van der Waals surface area contributed by atoms with Gasteiger partial charge in [-0.05, 0) is 29.7 Å². The summed E-state index contributed by atoms with van der Waals surface area (Å²) in [6.45, 7) is 0. The van der Waals surface area contributed by atoms with Crippen molar-refractivity contribution in [3.05, 3.63) is 35.4 Å². The fourth-order valence-corrected chi connectivity index (χ4v) is 1.90. The summed E-state index contributed by atoms with van der Waals surface area (Å²) in [5.41, 5.74) is 1.96. The van der Waals surface area contributed by atoms with Crippen LogP contribution in [0.5, 0.6) is 0 Å². The van der Waals surface area contributed by atoms with E-state index in [0.717, 1.165) is 17.5 Å². The van der Waals surface area contributed by atoms with Gasteiger partial charge in [-0.15, -0.1) is 0 Å². The Labute approximate surface area is 76.5 Å². The summed E-state index contributed by atoms with van der Waals surface area (Å²) in [5.74, 6) is 0. The Morgan fingerprint density at radius 3 is 2.77 bits per heavy atom. The van der Waals surface area contributed by atoms with Gasteiger partial charge in [-0.3, -0.25) is 4.55 Å². The van der Waals surface area contributed by atoms with E-state index in [1.165, 1.54) is 12.1 Å². The van der Waals surface area contributed by atoms with Crippen molar-refractivity contribution in [2.75, 3.05) is 0 Å². The van der Waals surface area contributed by atoms with Gasteiger partial charge in [0.05, 0.1) is 4.90 Å². The van der Waals surface area contributed by atoms with Crippen LogP contribution in [0.1, 0.15) is 11.1 Å². The standard InChI is InChI=1S/C9H8O3S/c10-13(11,12)9-5-4-7-2-1-3-8(7)6-9/h1,3-6H,2H2,(H,10,11,12). The number of rotatable bonds is 1. The molecule has 1 N–H and O–H groups in total. The average Bonchev–Trinajstić information content (AvgIpc) is 2.47. The van der Waals surface area contributed by atoms with E-state index < -0.39 is 10.1 Å². The van der Waals surface area contributed by atoms with Gasteiger partial charge >= 0.3 is 0 Å². The van der Waals surface area contributed by atoms with Crippen LogP contribution in [0.25, 0.3) is 6.08 Å². The lowest BCUT2D eigenvalue weighted by molar-refractivity contribution is 0.483. The Balaban J connectivity index is 2.59. The van der Waals surface area contributed by atoms with Crippen molar-refractivity contribution >= 4 is 16.2 Å². The molecule has 1 aliphatic carbocycles. The van der Waals surface area contributed by atoms with Crippen LogP contribution in [0.2, 0.25) is 0 Å². The number of fused-ring (bicyclic) bond motifs is 1. The van der Waals surface area contributed by atoms with Crippen molar-refractivity contribution in [3.8, 4) is 0 Å². The predicted octanol–water partition coefficient (Wildman–Crippen LogP) is 1.50. The van der Waals surface area contributed by atoms with Gasteiger partial charge < -0.3 is 0 Å². The normalized spacial score (nSPS) is 14.5. The van der Waals surface area contributed by atoms with E-state index in [0.29, 0.717) is 0 Å². The molecule has 13 heavy (non-hydrogen) atoms. The van der Waals surface area contributed by atoms with Gasteiger partial charge in [-0.2, -0.15) is 8.42 Å². The topological polar surface area (TPSA) is 54.4 Å². The maximum absolute atomic E-state index is 10.8. The van der Waals surface area contributed by atoms with Gasteiger partial charge in [-0.1, -0.05) is 18.2 Å². The van der Waals surface area contributed by atoms with Crippen LogP contribution in [-0.2, 0) is 16.5 Å². The van der Waals surface area contributed by atoms with E-state index in [-0.39, 0.29) is 4.90 Å². The number of benzene rings is 1. The molecule has 68 valence electrons. The van der Waals surface area contributed by atoms with Crippen molar-refractivity contribution in [1.82, 2.24) is 0 Å². The molecule has 0 unspecified atom stereocenters. The van der Waals surface area contributed by atoms with Gasteiger partial charge in [-0.25, -0.2) is 0 Å². The van der Waals surface area contributed by atoms with Crippen LogP contribution in [0.3, 0.4) is 0 Å². The zero-order valence-corrected chi connectivity index (χ0v) is 7.58. The quantitative estimate of drug-likeness (QED) is 0.692. The fraction of sp³-hybridized carbons (Fsp3) is 0.111. The summed E-state index contributed by atoms with van der Waals surface area (Å²) >= 11 is 0. The lowest BCUT2D eigenvalue weighted by Crippen LogP contribution is -1.98. The zero-order valence-electron chi connectivity index (χ0n) is 6.77. The SMILES string of the molecule is O=S(=O)(O)c1ccc2c(c1)C=CC2. The van der Waals surface area contributed by atoms with Crippen molar-refractivity contribution in [1.29, 1.82) is 0 Å². The monoisotopic (exact) mass is 196 g/mol. The highest BCUT2D eigenvalue weighted by molar-refractivity contribution is 7.85. The van der Waals surface area contributed by atoms with Gasteiger partial charge in [0.2, 0.25) is 0 Å². The van der Waals surface area contributed by atoms with Crippen molar-refractivity contribution in [2.24, 2.45) is 0 Å². The van der Waals surface area contributed by atoms with Crippen LogP contribution in [0, 0.1) is 0 Å². The highest BCUT2D eigenvalue weighted by Crippen LogP contribution is 2.22.